The van der Waals surface area contributed by atoms with Crippen molar-refractivity contribution in [3.8, 4) is 0 Å². The van der Waals surface area contributed by atoms with Gasteiger partial charge in [-0.2, -0.15) is 12.6 Å². The van der Waals surface area contributed by atoms with Crippen LogP contribution in [0.15, 0.2) is 30.3 Å². The van der Waals surface area contributed by atoms with Crippen molar-refractivity contribution in [2.24, 2.45) is 5.73 Å². The van der Waals surface area contributed by atoms with E-state index in [9.17, 15) is 38.7 Å². The summed E-state index contributed by atoms with van der Waals surface area (Å²) in [4.78, 5) is 86.3. The molecule has 1 heterocycles. The lowest BCUT2D eigenvalue weighted by Gasteiger charge is -2.23. The third-order valence-corrected chi connectivity index (χ3v) is 6.96. The van der Waals surface area contributed by atoms with Crippen LogP contribution in [0.3, 0.4) is 0 Å². The zero-order valence-electron chi connectivity index (χ0n) is 23.8. The third kappa shape index (κ3) is 12.3. The van der Waals surface area contributed by atoms with Crippen LogP contribution < -0.4 is 37.6 Å². The van der Waals surface area contributed by atoms with Gasteiger partial charge < -0.3 is 42.7 Å². The molecule has 0 bridgehead atoms. The minimum Gasteiger partial charge on any atom is -0.480 e. The largest absolute Gasteiger partial charge is 0.480 e. The van der Waals surface area contributed by atoms with Gasteiger partial charge in [0, 0.05) is 18.6 Å². The van der Waals surface area contributed by atoms with E-state index in [0.717, 1.165) is 6.42 Å². The first-order valence-electron chi connectivity index (χ1n) is 13.8. The van der Waals surface area contributed by atoms with Crippen molar-refractivity contribution in [2.75, 3.05) is 18.8 Å². The van der Waals surface area contributed by atoms with Crippen LogP contribution in [-0.2, 0) is 40.0 Å². The highest BCUT2D eigenvalue weighted by Crippen LogP contribution is 2.06. The first kappa shape index (κ1) is 35.0. The zero-order valence-corrected chi connectivity index (χ0v) is 24.7. The smallest absolute Gasteiger partial charge is 0.327 e. The van der Waals surface area contributed by atoms with Crippen molar-refractivity contribution in [1.29, 1.82) is 0 Å². The number of rotatable bonds is 17. The Kier molecular flexibility index (Phi) is 14.4. The van der Waals surface area contributed by atoms with E-state index < -0.39 is 72.3 Å². The summed E-state index contributed by atoms with van der Waals surface area (Å²) < 4.78 is 0. The van der Waals surface area contributed by atoms with Gasteiger partial charge in [0.25, 0.3) is 0 Å². The van der Waals surface area contributed by atoms with Gasteiger partial charge in [0.2, 0.25) is 35.4 Å². The number of nitrogens with two attached hydrogens (primary N) is 1. The molecule has 236 valence electrons. The topological polar surface area (TPSA) is 238 Å². The molecule has 16 heteroatoms. The van der Waals surface area contributed by atoms with E-state index in [1.165, 1.54) is 6.92 Å². The highest BCUT2D eigenvalue weighted by atomic mass is 32.1. The maximum absolute atomic E-state index is 12.9. The van der Waals surface area contributed by atoms with Crippen LogP contribution in [0.4, 0.5) is 0 Å². The van der Waals surface area contributed by atoms with Gasteiger partial charge in [-0.15, -0.1) is 0 Å². The van der Waals surface area contributed by atoms with Crippen molar-refractivity contribution in [3.05, 3.63) is 35.9 Å². The Labute approximate surface area is 254 Å². The summed E-state index contributed by atoms with van der Waals surface area (Å²) >= 11 is 3.93. The summed E-state index contributed by atoms with van der Waals surface area (Å²) in [6.07, 6.45) is 1.08. The average molecular weight is 622 g/mol. The molecule has 1 aliphatic rings. The number of thiol groups is 1. The van der Waals surface area contributed by atoms with Gasteiger partial charge in [-0.1, -0.05) is 30.3 Å². The number of carbonyl (C=O) groups excluding carboxylic acids is 6. The molecule has 0 saturated carbocycles. The van der Waals surface area contributed by atoms with Crippen molar-refractivity contribution in [1.82, 2.24) is 31.9 Å². The van der Waals surface area contributed by atoms with Gasteiger partial charge >= 0.3 is 5.97 Å². The minimum atomic E-state index is -1.30. The van der Waals surface area contributed by atoms with E-state index in [1.807, 2.05) is 0 Å². The van der Waals surface area contributed by atoms with Gasteiger partial charge in [0.15, 0.2) is 0 Å². The second kappa shape index (κ2) is 17.7. The molecule has 15 nitrogen and oxygen atoms in total. The molecular weight excluding hydrogens is 582 g/mol. The number of nitrogens with one attached hydrogen (secondary N) is 6. The molecule has 0 aliphatic carbocycles. The van der Waals surface area contributed by atoms with Gasteiger partial charge in [0.1, 0.15) is 24.2 Å². The first-order valence-corrected chi connectivity index (χ1v) is 14.4. The van der Waals surface area contributed by atoms with Gasteiger partial charge in [-0.25, -0.2) is 4.79 Å². The normalized spacial score (nSPS) is 16.9. The van der Waals surface area contributed by atoms with Gasteiger partial charge in [-0.05, 0) is 38.3 Å². The molecule has 1 aliphatic heterocycles. The monoisotopic (exact) mass is 621 g/mol. The van der Waals surface area contributed by atoms with Crippen LogP contribution in [0, 0.1) is 0 Å². The number of primary amides is 1. The van der Waals surface area contributed by atoms with E-state index in [4.69, 9.17) is 5.73 Å². The fourth-order valence-electron chi connectivity index (χ4n) is 4.19. The third-order valence-electron chi connectivity index (χ3n) is 6.60. The Morgan fingerprint density at radius 2 is 1.63 bits per heavy atom. The molecule has 1 aromatic rings. The van der Waals surface area contributed by atoms with E-state index in [-0.39, 0.29) is 30.9 Å². The molecule has 43 heavy (non-hydrogen) atoms. The van der Waals surface area contributed by atoms with Crippen LogP contribution in [0.25, 0.3) is 0 Å². The van der Waals surface area contributed by atoms with E-state index in [2.05, 4.69) is 44.5 Å². The van der Waals surface area contributed by atoms with Crippen LogP contribution >= 0.6 is 12.6 Å². The minimum absolute atomic E-state index is 0.0303. The summed E-state index contributed by atoms with van der Waals surface area (Å²) in [6, 6.07) is 3.55. The zero-order chi connectivity index (χ0) is 31.9. The number of benzene rings is 1. The molecular formula is C27H39N7O8S. The summed E-state index contributed by atoms with van der Waals surface area (Å²) in [5.41, 5.74) is 5.89. The fraction of sp³-hybridized carbons (Fsp3) is 0.519. The Morgan fingerprint density at radius 3 is 2.21 bits per heavy atom. The Balaban J connectivity index is 2.02. The quantitative estimate of drug-likeness (QED) is 0.0824. The van der Waals surface area contributed by atoms with Crippen LogP contribution in [0.2, 0.25) is 0 Å². The Morgan fingerprint density at radius 1 is 0.953 bits per heavy atom. The average Bonchev–Trinajstić information content (AvgIpc) is 3.52. The van der Waals surface area contributed by atoms with E-state index in [1.54, 1.807) is 30.3 Å². The van der Waals surface area contributed by atoms with Gasteiger partial charge in [-0.3, -0.25) is 28.8 Å². The maximum atomic E-state index is 12.9. The molecule has 1 saturated heterocycles. The maximum Gasteiger partial charge on any atom is 0.327 e. The number of carboxylic acids is 1. The second-order valence-electron chi connectivity index (χ2n) is 10.1. The number of hydrogen-bond acceptors (Lipinski definition) is 9. The second-order valence-corrected chi connectivity index (χ2v) is 10.4. The summed E-state index contributed by atoms with van der Waals surface area (Å²) in [5, 5.41) is 24.5. The highest BCUT2D eigenvalue weighted by Gasteiger charge is 2.29. The molecule has 2 rings (SSSR count). The Hall–Kier alpha value is -4.18. The predicted octanol–water partition coefficient (Wildman–Crippen LogP) is -2.66. The van der Waals surface area contributed by atoms with Crippen molar-refractivity contribution in [2.45, 2.75) is 69.2 Å². The van der Waals surface area contributed by atoms with E-state index >= 15 is 0 Å². The van der Waals surface area contributed by atoms with Crippen molar-refractivity contribution in [3.63, 3.8) is 0 Å². The number of carbonyl (C=O) groups is 7. The molecule has 0 radical (unpaired) electrons. The molecule has 6 amide bonds. The van der Waals surface area contributed by atoms with Crippen molar-refractivity contribution >= 4 is 54.0 Å². The summed E-state index contributed by atoms with van der Waals surface area (Å²) in [7, 11) is 0. The fourth-order valence-corrected chi connectivity index (χ4v) is 4.44. The first-order chi connectivity index (χ1) is 20.4. The number of carboxylic acid groups (broad SMARTS) is 1. The molecule has 1 fully saturated rings. The molecule has 5 atom stereocenters. The van der Waals surface area contributed by atoms with Crippen LogP contribution in [-0.4, -0.2) is 95.6 Å². The predicted molar refractivity (Wildman–Crippen MR) is 157 cm³/mol. The number of aliphatic carboxylic acids is 1. The lowest BCUT2D eigenvalue weighted by atomic mass is 10.0. The molecule has 0 aromatic heterocycles. The lowest BCUT2D eigenvalue weighted by Crippen LogP contribution is -2.56. The summed E-state index contributed by atoms with van der Waals surface area (Å²) in [6.45, 7) is 1.53. The van der Waals surface area contributed by atoms with E-state index in [0.29, 0.717) is 18.5 Å². The van der Waals surface area contributed by atoms with Gasteiger partial charge in [0.05, 0.1) is 12.6 Å². The highest BCUT2D eigenvalue weighted by molar-refractivity contribution is 7.80. The standard InChI is InChI=1S/C27H39N7O8S/c1-15(31-25(39)17-8-5-11-29-17)23(37)33-18(9-10-21(28)35)24(38)30-13-22(36)32-19(12-16-6-3-2-4-7-16)26(40)34-20(14-43)27(41)42/h2-4,6-7,15,17-20,29,43H,5,8-14H2,1H3,(H2,28,35)(H,30,38)(H,31,39)(H,32,36)(H,33,37)(H,34,40)(H,41,42)/t15-,17+,18+,19+,20+/m1/s1. The summed E-state index contributed by atoms with van der Waals surface area (Å²) in [5.74, 6) is -5.56. The lowest BCUT2D eigenvalue weighted by molar-refractivity contribution is -0.141. The molecule has 0 spiro atoms. The van der Waals surface area contributed by atoms with Crippen LogP contribution in [0.5, 0.6) is 0 Å². The molecule has 9 N–H and O–H groups in total. The van der Waals surface area contributed by atoms with Crippen LogP contribution in [0.1, 0.15) is 38.2 Å². The number of amides is 6. The number of hydrogen-bond donors (Lipinski definition) is 9. The Bertz CT molecular complexity index is 1160. The SMILES string of the molecule is C[C@@H](NC(=O)[C@@H]1CCCN1)C(=O)N[C@@H](CCC(N)=O)C(=O)NCC(=O)N[C@@H](Cc1ccccc1)C(=O)N[C@@H](CS)C(=O)O. The molecule has 1 aromatic carbocycles. The molecule has 0 unspecified atom stereocenters. The van der Waals surface area contributed by atoms with Crippen molar-refractivity contribution < 1.29 is 38.7 Å².